The van der Waals surface area contributed by atoms with Crippen molar-refractivity contribution in [3.8, 4) is 0 Å². The van der Waals surface area contributed by atoms with Gasteiger partial charge in [-0.2, -0.15) is 0 Å². The average Bonchev–Trinajstić information content (AvgIpc) is 2.88. The first-order valence-electron chi connectivity index (χ1n) is 6.57. The molecule has 2 aromatic rings. The molecule has 4 heteroatoms. The Morgan fingerprint density at radius 1 is 1.32 bits per heavy atom. The minimum Gasteiger partial charge on any atom is -0.349 e. The molecule has 0 aromatic carbocycles. The fourth-order valence-electron chi connectivity index (χ4n) is 2.05. The van der Waals surface area contributed by atoms with Crippen LogP contribution in [0, 0.1) is 6.92 Å². The van der Waals surface area contributed by atoms with E-state index in [1.807, 2.05) is 13.0 Å². The molecule has 0 amide bonds. The largest absolute Gasteiger partial charge is 0.349 e. The van der Waals surface area contributed by atoms with Crippen molar-refractivity contribution in [1.29, 1.82) is 0 Å². The van der Waals surface area contributed by atoms with Crippen molar-refractivity contribution in [3.05, 3.63) is 45.8 Å². The van der Waals surface area contributed by atoms with Gasteiger partial charge in [0, 0.05) is 28.7 Å². The molecule has 2 rings (SSSR count). The van der Waals surface area contributed by atoms with Crippen LogP contribution in [0.3, 0.4) is 0 Å². The zero-order chi connectivity index (χ0) is 13.8. The minimum atomic E-state index is 0.390. The summed E-state index contributed by atoms with van der Waals surface area (Å²) >= 11 is 1.78. The van der Waals surface area contributed by atoms with E-state index < -0.39 is 0 Å². The molecule has 0 spiro atoms. The number of nitrogens with zero attached hydrogens (tertiary/aromatic N) is 2. The first kappa shape index (κ1) is 14.0. The molecule has 0 aliphatic carbocycles. The lowest BCUT2D eigenvalue weighted by atomic mass is 10.2. The average molecular weight is 275 g/mol. The van der Waals surface area contributed by atoms with E-state index in [-0.39, 0.29) is 0 Å². The summed E-state index contributed by atoms with van der Waals surface area (Å²) < 4.78 is 0. The van der Waals surface area contributed by atoms with Crippen LogP contribution in [-0.4, -0.2) is 11.0 Å². The van der Waals surface area contributed by atoms with Crippen molar-refractivity contribution in [3.63, 3.8) is 0 Å². The van der Waals surface area contributed by atoms with E-state index in [1.54, 1.807) is 11.3 Å². The molecule has 0 radical (unpaired) electrons. The van der Waals surface area contributed by atoms with E-state index in [4.69, 9.17) is 10.7 Å². The second kappa shape index (κ2) is 6.17. The van der Waals surface area contributed by atoms with Crippen LogP contribution in [0.15, 0.2) is 29.6 Å². The van der Waals surface area contributed by atoms with Crippen molar-refractivity contribution in [2.45, 2.75) is 39.9 Å². The van der Waals surface area contributed by atoms with Gasteiger partial charge in [0.25, 0.3) is 0 Å². The van der Waals surface area contributed by atoms with Crippen LogP contribution in [-0.2, 0) is 13.1 Å². The maximum absolute atomic E-state index is 5.85. The van der Waals surface area contributed by atoms with Gasteiger partial charge in [-0.1, -0.05) is 12.1 Å². The van der Waals surface area contributed by atoms with Crippen molar-refractivity contribution in [2.24, 2.45) is 5.73 Å². The van der Waals surface area contributed by atoms with Crippen LogP contribution in [0.4, 0.5) is 5.82 Å². The summed E-state index contributed by atoms with van der Waals surface area (Å²) in [6, 6.07) is 8.75. The van der Waals surface area contributed by atoms with E-state index in [1.165, 1.54) is 4.88 Å². The molecule has 2 aromatic heterocycles. The smallest absolute Gasteiger partial charge is 0.133 e. The second-order valence-electron chi connectivity index (χ2n) is 4.94. The van der Waals surface area contributed by atoms with Crippen molar-refractivity contribution >= 4 is 17.2 Å². The van der Waals surface area contributed by atoms with Gasteiger partial charge in [0.05, 0.1) is 6.54 Å². The quantitative estimate of drug-likeness (QED) is 0.910. The SMILES string of the molecule is Cc1ccc(CN)c(N(Cc2cccs2)C(C)C)n1. The molecule has 102 valence electrons. The maximum Gasteiger partial charge on any atom is 0.133 e. The topological polar surface area (TPSA) is 42.1 Å². The Labute approximate surface area is 119 Å². The number of pyridine rings is 1. The highest BCUT2D eigenvalue weighted by molar-refractivity contribution is 7.09. The molecule has 19 heavy (non-hydrogen) atoms. The summed E-state index contributed by atoms with van der Waals surface area (Å²) in [5.41, 5.74) is 7.99. The van der Waals surface area contributed by atoms with Crippen LogP contribution in [0.2, 0.25) is 0 Å². The first-order valence-corrected chi connectivity index (χ1v) is 7.45. The van der Waals surface area contributed by atoms with Crippen molar-refractivity contribution in [1.82, 2.24) is 4.98 Å². The van der Waals surface area contributed by atoms with Gasteiger partial charge in [0.1, 0.15) is 5.82 Å². The molecule has 0 aliphatic heterocycles. The summed E-state index contributed by atoms with van der Waals surface area (Å²) in [6.45, 7) is 7.82. The number of anilines is 1. The molecular weight excluding hydrogens is 254 g/mol. The standard InChI is InChI=1S/C15H21N3S/c1-11(2)18(10-14-5-4-8-19-14)15-13(9-16)7-6-12(3)17-15/h4-8,11H,9-10,16H2,1-3H3. The van der Waals surface area contributed by atoms with E-state index in [9.17, 15) is 0 Å². The van der Waals surface area contributed by atoms with Crippen LogP contribution < -0.4 is 10.6 Å². The summed E-state index contributed by atoms with van der Waals surface area (Å²) in [5, 5.41) is 2.11. The van der Waals surface area contributed by atoms with E-state index in [2.05, 4.69) is 42.3 Å². The fourth-order valence-corrected chi connectivity index (χ4v) is 2.75. The third kappa shape index (κ3) is 3.33. The number of aryl methyl sites for hydroxylation is 1. The van der Waals surface area contributed by atoms with Gasteiger partial charge in [-0.15, -0.1) is 11.3 Å². The van der Waals surface area contributed by atoms with Gasteiger partial charge in [-0.05, 0) is 38.3 Å². The Morgan fingerprint density at radius 2 is 2.11 bits per heavy atom. The molecule has 0 bridgehead atoms. The summed E-state index contributed by atoms with van der Waals surface area (Å²) in [6.07, 6.45) is 0. The molecule has 2 N–H and O–H groups in total. The molecule has 0 saturated carbocycles. The second-order valence-corrected chi connectivity index (χ2v) is 5.97. The Morgan fingerprint density at radius 3 is 2.68 bits per heavy atom. The number of hydrogen-bond acceptors (Lipinski definition) is 4. The van der Waals surface area contributed by atoms with Gasteiger partial charge < -0.3 is 10.6 Å². The van der Waals surface area contributed by atoms with Crippen LogP contribution in [0.25, 0.3) is 0 Å². The molecule has 0 atom stereocenters. The lowest BCUT2D eigenvalue weighted by molar-refractivity contribution is 0.671. The Kier molecular flexibility index (Phi) is 4.56. The number of thiophene rings is 1. The third-order valence-electron chi connectivity index (χ3n) is 3.12. The Balaban J connectivity index is 2.35. The highest BCUT2D eigenvalue weighted by Crippen LogP contribution is 2.24. The van der Waals surface area contributed by atoms with Gasteiger partial charge in [0.15, 0.2) is 0 Å². The van der Waals surface area contributed by atoms with Crippen LogP contribution in [0.1, 0.15) is 30.0 Å². The minimum absolute atomic E-state index is 0.390. The zero-order valence-electron chi connectivity index (χ0n) is 11.8. The lowest BCUT2D eigenvalue weighted by Gasteiger charge is -2.29. The number of hydrogen-bond donors (Lipinski definition) is 1. The summed E-state index contributed by atoms with van der Waals surface area (Å²) in [5.74, 6) is 1.02. The zero-order valence-corrected chi connectivity index (χ0v) is 12.6. The van der Waals surface area contributed by atoms with Crippen molar-refractivity contribution in [2.75, 3.05) is 4.90 Å². The van der Waals surface area contributed by atoms with Gasteiger partial charge in [-0.3, -0.25) is 0 Å². The lowest BCUT2D eigenvalue weighted by Crippen LogP contribution is -2.32. The van der Waals surface area contributed by atoms with Gasteiger partial charge in [-0.25, -0.2) is 4.98 Å². The highest BCUT2D eigenvalue weighted by Gasteiger charge is 2.16. The van der Waals surface area contributed by atoms with Gasteiger partial charge in [0.2, 0.25) is 0 Å². The van der Waals surface area contributed by atoms with E-state index >= 15 is 0 Å². The Bertz CT molecular complexity index is 520. The predicted octanol–water partition coefficient (Wildman–Crippen LogP) is 3.33. The number of rotatable bonds is 5. The summed E-state index contributed by atoms with van der Waals surface area (Å²) in [4.78, 5) is 8.36. The number of aromatic nitrogens is 1. The van der Waals surface area contributed by atoms with Crippen LogP contribution >= 0.6 is 11.3 Å². The molecular formula is C15H21N3S. The maximum atomic E-state index is 5.85. The molecule has 2 heterocycles. The van der Waals surface area contributed by atoms with E-state index in [0.29, 0.717) is 12.6 Å². The molecule has 0 unspecified atom stereocenters. The third-order valence-corrected chi connectivity index (χ3v) is 3.98. The molecule has 0 saturated heterocycles. The summed E-state index contributed by atoms with van der Waals surface area (Å²) in [7, 11) is 0. The highest BCUT2D eigenvalue weighted by atomic mass is 32.1. The number of nitrogens with two attached hydrogens (primary N) is 1. The van der Waals surface area contributed by atoms with E-state index in [0.717, 1.165) is 23.6 Å². The molecule has 0 fully saturated rings. The Hall–Kier alpha value is -1.39. The molecule has 0 aliphatic rings. The first-order chi connectivity index (χ1) is 9.11. The molecule has 3 nitrogen and oxygen atoms in total. The monoisotopic (exact) mass is 275 g/mol. The van der Waals surface area contributed by atoms with Crippen molar-refractivity contribution < 1.29 is 0 Å². The van der Waals surface area contributed by atoms with Crippen LogP contribution in [0.5, 0.6) is 0 Å². The van der Waals surface area contributed by atoms with Gasteiger partial charge >= 0.3 is 0 Å². The normalized spacial score (nSPS) is 11.0. The predicted molar refractivity (Wildman–Crippen MR) is 82.5 cm³/mol. The fraction of sp³-hybridized carbons (Fsp3) is 0.400.